The highest BCUT2D eigenvalue weighted by molar-refractivity contribution is 9.10. The first-order valence-electron chi connectivity index (χ1n) is 6.19. The summed E-state index contributed by atoms with van der Waals surface area (Å²) >= 11 is 3.49. The van der Waals surface area contributed by atoms with Crippen LogP contribution in [0.1, 0.15) is 18.9 Å². The van der Waals surface area contributed by atoms with Gasteiger partial charge in [0.15, 0.2) is 0 Å². The van der Waals surface area contributed by atoms with Crippen LogP contribution in [0.25, 0.3) is 0 Å². The molecule has 0 spiro atoms. The minimum Gasteiger partial charge on any atom is -0.358 e. The summed E-state index contributed by atoms with van der Waals surface area (Å²) in [5.74, 6) is 0.109. The Balaban J connectivity index is 2.34. The fourth-order valence-electron chi connectivity index (χ4n) is 2.35. The molecule has 0 saturated carbocycles. The number of anilines is 1. The highest BCUT2D eigenvalue weighted by Crippen LogP contribution is 2.26. The van der Waals surface area contributed by atoms with E-state index in [-0.39, 0.29) is 11.9 Å². The Morgan fingerprint density at radius 2 is 2.28 bits per heavy atom. The molecular formula is C13H18BrN3O. The largest absolute Gasteiger partial charge is 0.358 e. The first kappa shape index (κ1) is 13.4. The predicted molar refractivity (Wildman–Crippen MR) is 76.5 cm³/mol. The van der Waals surface area contributed by atoms with Crippen molar-refractivity contribution in [3.63, 3.8) is 0 Å². The van der Waals surface area contributed by atoms with E-state index in [2.05, 4.69) is 32.2 Å². The molecule has 1 heterocycles. The number of rotatable bonds is 3. The van der Waals surface area contributed by atoms with Crippen molar-refractivity contribution in [3.8, 4) is 0 Å². The summed E-state index contributed by atoms with van der Waals surface area (Å²) in [4.78, 5) is 14.0. The van der Waals surface area contributed by atoms with Crippen LogP contribution < -0.4 is 16.0 Å². The number of piperazine rings is 1. The molecule has 1 aromatic carbocycles. The normalized spacial score (nSPS) is 19.8. The van der Waals surface area contributed by atoms with Crippen LogP contribution in [0.4, 0.5) is 5.69 Å². The number of benzene rings is 1. The van der Waals surface area contributed by atoms with Crippen molar-refractivity contribution < 1.29 is 4.79 Å². The van der Waals surface area contributed by atoms with E-state index in [1.165, 1.54) is 0 Å². The summed E-state index contributed by atoms with van der Waals surface area (Å²) in [5, 5.41) is 2.91. The molecule has 1 aliphatic heterocycles. The zero-order chi connectivity index (χ0) is 13.1. The molecule has 18 heavy (non-hydrogen) atoms. The Labute approximate surface area is 116 Å². The summed E-state index contributed by atoms with van der Waals surface area (Å²) < 4.78 is 1.00. The Kier molecular flexibility index (Phi) is 4.24. The molecule has 1 aromatic rings. The Morgan fingerprint density at radius 3 is 2.94 bits per heavy atom. The van der Waals surface area contributed by atoms with E-state index in [1.807, 2.05) is 19.1 Å². The molecular weight excluding hydrogens is 294 g/mol. The Morgan fingerprint density at radius 1 is 1.50 bits per heavy atom. The SMILES string of the molecule is CCC1C(=O)NCCN1c1cc(Br)cc(CN)c1. The quantitative estimate of drug-likeness (QED) is 0.892. The van der Waals surface area contributed by atoms with Gasteiger partial charge in [-0.15, -0.1) is 0 Å². The van der Waals surface area contributed by atoms with E-state index < -0.39 is 0 Å². The number of nitrogens with one attached hydrogen (secondary N) is 1. The van der Waals surface area contributed by atoms with Crippen molar-refractivity contribution in [1.29, 1.82) is 0 Å². The molecule has 1 saturated heterocycles. The lowest BCUT2D eigenvalue weighted by molar-refractivity contribution is -0.123. The number of nitrogens with zero attached hydrogens (tertiary/aromatic N) is 1. The molecule has 2 rings (SSSR count). The molecule has 0 aromatic heterocycles. The van der Waals surface area contributed by atoms with Crippen molar-refractivity contribution >= 4 is 27.5 Å². The van der Waals surface area contributed by atoms with Crippen molar-refractivity contribution in [2.45, 2.75) is 25.9 Å². The van der Waals surface area contributed by atoms with Crippen LogP contribution in [-0.4, -0.2) is 25.0 Å². The molecule has 3 N–H and O–H groups in total. The van der Waals surface area contributed by atoms with Gasteiger partial charge in [0.1, 0.15) is 6.04 Å². The third-order valence-corrected chi connectivity index (χ3v) is 3.69. The zero-order valence-corrected chi connectivity index (χ0v) is 12.0. The van der Waals surface area contributed by atoms with Gasteiger partial charge in [0.25, 0.3) is 0 Å². The number of hydrogen-bond donors (Lipinski definition) is 2. The average molecular weight is 312 g/mol. The lowest BCUT2D eigenvalue weighted by Gasteiger charge is -2.36. The van der Waals surface area contributed by atoms with Crippen LogP contribution in [0.15, 0.2) is 22.7 Å². The molecule has 98 valence electrons. The van der Waals surface area contributed by atoms with Crippen molar-refractivity contribution in [2.75, 3.05) is 18.0 Å². The minimum atomic E-state index is -0.0846. The second-order valence-electron chi connectivity index (χ2n) is 4.43. The maximum atomic E-state index is 11.9. The van der Waals surface area contributed by atoms with Crippen LogP contribution in [-0.2, 0) is 11.3 Å². The number of halogens is 1. The first-order valence-corrected chi connectivity index (χ1v) is 6.99. The summed E-state index contributed by atoms with van der Waals surface area (Å²) in [6.45, 7) is 4.07. The fraction of sp³-hybridized carbons (Fsp3) is 0.462. The summed E-state index contributed by atoms with van der Waals surface area (Å²) in [7, 11) is 0. The second-order valence-corrected chi connectivity index (χ2v) is 5.35. The molecule has 1 atom stereocenters. The molecule has 5 heteroatoms. The standard InChI is InChI=1S/C13H18BrN3O/c1-2-12-13(18)16-3-4-17(12)11-6-9(8-15)5-10(14)7-11/h5-7,12H,2-4,8,15H2,1H3,(H,16,18). The van der Waals surface area contributed by atoms with Crippen LogP contribution in [0, 0.1) is 0 Å². The molecule has 0 radical (unpaired) electrons. The van der Waals surface area contributed by atoms with E-state index in [0.717, 1.165) is 28.7 Å². The number of amides is 1. The van der Waals surface area contributed by atoms with Gasteiger partial charge in [-0.1, -0.05) is 22.9 Å². The van der Waals surface area contributed by atoms with Gasteiger partial charge >= 0.3 is 0 Å². The van der Waals surface area contributed by atoms with E-state index >= 15 is 0 Å². The molecule has 0 aliphatic carbocycles. The maximum absolute atomic E-state index is 11.9. The molecule has 1 unspecified atom stereocenters. The smallest absolute Gasteiger partial charge is 0.242 e. The van der Waals surface area contributed by atoms with Crippen LogP contribution in [0.5, 0.6) is 0 Å². The average Bonchev–Trinajstić information content (AvgIpc) is 2.37. The van der Waals surface area contributed by atoms with Crippen molar-refractivity contribution in [3.05, 3.63) is 28.2 Å². The lowest BCUT2D eigenvalue weighted by atomic mass is 10.1. The number of nitrogens with two attached hydrogens (primary N) is 1. The molecule has 1 fully saturated rings. The molecule has 4 nitrogen and oxygen atoms in total. The van der Waals surface area contributed by atoms with Crippen LogP contribution >= 0.6 is 15.9 Å². The van der Waals surface area contributed by atoms with Gasteiger partial charge in [-0.3, -0.25) is 4.79 Å². The van der Waals surface area contributed by atoms with Gasteiger partial charge in [-0.25, -0.2) is 0 Å². The monoisotopic (exact) mass is 311 g/mol. The van der Waals surface area contributed by atoms with E-state index in [4.69, 9.17) is 5.73 Å². The summed E-state index contributed by atoms with van der Waals surface area (Å²) in [5.41, 5.74) is 7.82. The summed E-state index contributed by atoms with van der Waals surface area (Å²) in [6, 6.07) is 6.03. The van der Waals surface area contributed by atoms with Gasteiger partial charge in [0, 0.05) is 29.8 Å². The first-order chi connectivity index (χ1) is 8.65. The fourth-order valence-corrected chi connectivity index (χ4v) is 2.88. The number of hydrogen-bond acceptors (Lipinski definition) is 3. The molecule has 0 bridgehead atoms. The van der Waals surface area contributed by atoms with Gasteiger partial charge < -0.3 is 16.0 Å². The van der Waals surface area contributed by atoms with Crippen molar-refractivity contribution in [2.24, 2.45) is 5.73 Å². The molecule has 1 amide bonds. The molecule has 1 aliphatic rings. The van der Waals surface area contributed by atoms with E-state index in [9.17, 15) is 4.79 Å². The lowest BCUT2D eigenvalue weighted by Crippen LogP contribution is -2.55. The number of carbonyl (C=O) groups excluding carboxylic acids is 1. The topological polar surface area (TPSA) is 58.4 Å². The van der Waals surface area contributed by atoms with Gasteiger partial charge in [-0.05, 0) is 30.2 Å². The van der Waals surface area contributed by atoms with Crippen LogP contribution in [0.3, 0.4) is 0 Å². The van der Waals surface area contributed by atoms with Gasteiger partial charge in [0.2, 0.25) is 5.91 Å². The highest BCUT2D eigenvalue weighted by Gasteiger charge is 2.28. The number of carbonyl (C=O) groups is 1. The van der Waals surface area contributed by atoms with Crippen molar-refractivity contribution in [1.82, 2.24) is 5.32 Å². The van der Waals surface area contributed by atoms with E-state index in [0.29, 0.717) is 13.1 Å². The van der Waals surface area contributed by atoms with E-state index in [1.54, 1.807) is 0 Å². The highest BCUT2D eigenvalue weighted by atomic mass is 79.9. The Bertz CT molecular complexity index is 450. The van der Waals surface area contributed by atoms with Crippen LogP contribution in [0.2, 0.25) is 0 Å². The third-order valence-electron chi connectivity index (χ3n) is 3.23. The zero-order valence-electron chi connectivity index (χ0n) is 10.4. The predicted octanol–water partition coefficient (Wildman–Crippen LogP) is 1.62. The maximum Gasteiger partial charge on any atom is 0.242 e. The summed E-state index contributed by atoms with van der Waals surface area (Å²) in [6.07, 6.45) is 0.802. The Hall–Kier alpha value is -1.07. The minimum absolute atomic E-state index is 0.0846. The second kappa shape index (κ2) is 5.71. The third kappa shape index (κ3) is 2.67. The van der Waals surface area contributed by atoms with Gasteiger partial charge in [-0.2, -0.15) is 0 Å². The van der Waals surface area contributed by atoms with Gasteiger partial charge in [0.05, 0.1) is 0 Å².